The Morgan fingerprint density at radius 2 is 1.89 bits per heavy atom. The van der Waals surface area contributed by atoms with Gasteiger partial charge in [-0.25, -0.2) is 4.79 Å². The molecule has 0 unspecified atom stereocenters. The van der Waals surface area contributed by atoms with Crippen molar-refractivity contribution in [3.8, 4) is 17.2 Å². The Labute approximate surface area is 221 Å². The minimum Gasteiger partial charge on any atom is -0.496 e. The van der Waals surface area contributed by atoms with Crippen molar-refractivity contribution < 1.29 is 19.1 Å². The Hall–Kier alpha value is -3.56. The fraction of sp³-hybridized carbons (Fsp3) is 0.370. The zero-order chi connectivity index (χ0) is 26.4. The highest BCUT2D eigenvalue weighted by molar-refractivity contribution is 6.33. The van der Waals surface area contributed by atoms with Crippen molar-refractivity contribution in [2.45, 2.75) is 32.7 Å². The molecule has 1 aliphatic carbocycles. The van der Waals surface area contributed by atoms with Crippen molar-refractivity contribution in [2.75, 3.05) is 38.6 Å². The van der Waals surface area contributed by atoms with E-state index in [2.05, 4.69) is 39.7 Å². The second-order valence-corrected chi connectivity index (χ2v) is 9.19. The predicted molar refractivity (Wildman–Crippen MR) is 145 cm³/mol. The maximum Gasteiger partial charge on any atom is 0.319 e. The molecule has 2 aromatic carbocycles. The van der Waals surface area contributed by atoms with Gasteiger partial charge < -0.3 is 30.3 Å². The van der Waals surface area contributed by atoms with Gasteiger partial charge in [-0.3, -0.25) is 9.78 Å². The number of hydrogen-bond acceptors (Lipinski definition) is 6. The van der Waals surface area contributed by atoms with Crippen LogP contribution in [-0.2, 0) is 0 Å². The zero-order valence-electron chi connectivity index (χ0n) is 21.3. The third kappa shape index (κ3) is 6.81. The fourth-order valence-corrected chi connectivity index (χ4v) is 4.12. The SMILES string of the molecule is CCN(CC)CCNC(=O)c1cc2c(Oc3ccc(NC(=O)NC4CC4)c(Cl)c3)ccnc2cc1OC. The Morgan fingerprint density at radius 1 is 1.11 bits per heavy atom. The lowest BCUT2D eigenvalue weighted by Gasteiger charge is -2.18. The van der Waals surface area contributed by atoms with Gasteiger partial charge in [-0.05, 0) is 50.2 Å². The van der Waals surface area contributed by atoms with Gasteiger partial charge in [-0.15, -0.1) is 0 Å². The van der Waals surface area contributed by atoms with Crippen LogP contribution in [0, 0.1) is 0 Å². The average Bonchev–Trinajstić information content (AvgIpc) is 3.71. The number of carbonyl (C=O) groups excluding carboxylic acids is 2. The molecule has 9 nitrogen and oxygen atoms in total. The van der Waals surface area contributed by atoms with Crippen molar-refractivity contribution in [1.82, 2.24) is 20.5 Å². The van der Waals surface area contributed by atoms with Crippen LogP contribution >= 0.6 is 11.6 Å². The van der Waals surface area contributed by atoms with Gasteiger partial charge in [-0.1, -0.05) is 25.4 Å². The number of nitrogens with one attached hydrogen (secondary N) is 3. The summed E-state index contributed by atoms with van der Waals surface area (Å²) in [7, 11) is 1.52. The van der Waals surface area contributed by atoms with Gasteiger partial charge in [0.1, 0.15) is 17.2 Å². The lowest BCUT2D eigenvalue weighted by atomic mass is 10.1. The summed E-state index contributed by atoms with van der Waals surface area (Å²) in [6.45, 7) is 7.32. The first-order valence-electron chi connectivity index (χ1n) is 12.4. The van der Waals surface area contributed by atoms with Crippen molar-refractivity contribution in [2.24, 2.45) is 0 Å². The summed E-state index contributed by atoms with van der Waals surface area (Å²) in [6, 6.07) is 10.2. The van der Waals surface area contributed by atoms with Gasteiger partial charge in [-0.2, -0.15) is 0 Å². The summed E-state index contributed by atoms with van der Waals surface area (Å²) in [5.74, 6) is 1.18. The van der Waals surface area contributed by atoms with E-state index in [9.17, 15) is 9.59 Å². The molecule has 0 atom stereocenters. The number of nitrogens with zero attached hydrogens (tertiary/aromatic N) is 2. The summed E-state index contributed by atoms with van der Waals surface area (Å²) in [5.41, 5.74) is 1.50. The van der Waals surface area contributed by atoms with Crippen LogP contribution < -0.4 is 25.4 Å². The van der Waals surface area contributed by atoms with E-state index in [4.69, 9.17) is 21.1 Å². The summed E-state index contributed by atoms with van der Waals surface area (Å²) < 4.78 is 11.6. The van der Waals surface area contributed by atoms with Crippen LogP contribution in [0.15, 0.2) is 42.6 Å². The van der Waals surface area contributed by atoms with Crippen LogP contribution in [-0.4, -0.2) is 61.2 Å². The molecular weight excluding hydrogens is 494 g/mol. The first-order valence-corrected chi connectivity index (χ1v) is 12.8. The zero-order valence-corrected chi connectivity index (χ0v) is 22.0. The van der Waals surface area contributed by atoms with Crippen LogP contribution in [0.25, 0.3) is 10.9 Å². The van der Waals surface area contributed by atoms with E-state index < -0.39 is 0 Å². The van der Waals surface area contributed by atoms with E-state index >= 15 is 0 Å². The Morgan fingerprint density at radius 3 is 2.57 bits per heavy atom. The molecule has 0 saturated heterocycles. The average molecular weight is 526 g/mol. The molecular formula is C27H32ClN5O4. The maximum absolute atomic E-state index is 13.0. The number of aromatic nitrogens is 1. The quantitative estimate of drug-likeness (QED) is 0.324. The smallest absolute Gasteiger partial charge is 0.319 e. The third-order valence-corrected chi connectivity index (χ3v) is 6.52. The monoisotopic (exact) mass is 525 g/mol. The number of anilines is 1. The van der Waals surface area contributed by atoms with E-state index in [1.165, 1.54) is 7.11 Å². The molecule has 0 aliphatic heterocycles. The van der Waals surface area contributed by atoms with Crippen LogP contribution in [0.4, 0.5) is 10.5 Å². The number of halogens is 1. The van der Waals surface area contributed by atoms with Crippen molar-refractivity contribution in [1.29, 1.82) is 0 Å². The molecule has 0 spiro atoms. The highest BCUT2D eigenvalue weighted by atomic mass is 35.5. The van der Waals surface area contributed by atoms with Crippen molar-refractivity contribution in [3.63, 3.8) is 0 Å². The van der Waals surface area contributed by atoms with E-state index in [1.54, 1.807) is 42.6 Å². The summed E-state index contributed by atoms with van der Waals surface area (Å²) in [4.78, 5) is 31.7. The summed E-state index contributed by atoms with van der Waals surface area (Å²) in [6.07, 6.45) is 3.62. The number of likely N-dealkylation sites (N-methyl/N-ethyl adjacent to an activating group) is 1. The molecule has 1 heterocycles. The van der Waals surface area contributed by atoms with E-state index in [1.807, 2.05) is 0 Å². The number of hydrogen-bond donors (Lipinski definition) is 3. The molecule has 3 aromatic rings. The molecule has 1 fully saturated rings. The van der Waals surface area contributed by atoms with Crippen molar-refractivity contribution >= 4 is 40.1 Å². The lowest BCUT2D eigenvalue weighted by Crippen LogP contribution is -2.34. The van der Waals surface area contributed by atoms with Crippen LogP contribution in [0.2, 0.25) is 5.02 Å². The first-order chi connectivity index (χ1) is 17.9. The number of pyridine rings is 1. The summed E-state index contributed by atoms with van der Waals surface area (Å²) in [5, 5.41) is 9.59. The lowest BCUT2D eigenvalue weighted by molar-refractivity contribution is 0.0946. The minimum absolute atomic E-state index is 0.233. The van der Waals surface area contributed by atoms with Crippen LogP contribution in [0.5, 0.6) is 17.2 Å². The molecule has 3 N–H and O–H groups in total. The van der Waals surface area contributed by atoms with E-state index in [0.29, 0.717) is 51.0 Å². The van der Waals surface area contributed by atoms with Crippen LogP contribution in [0.3, 0.4) is 0 Å². The van der Waals surface area contributed by atoms with Gasteiger partial charge in [0.15, 0.2) is 0 Å². The van der Waals surface area contributed by atoms with Gasteiger partial charge >= 0.3 is 6.03 Å². The molecule has 0 radical (unpaired) electrons. The minimum atomic E-state index is -0.282. The predicted octanol–water partition coefficient (Wildman–Crippen LogP) is 5.04. The van der Waals surface area contributed by atoms with Crippen LogP contribution in [0.1, 0.15) is 37.0 Å². The van der Waals surface area contributed by atoms with Crippen molar-refractivity contribution in [3.05, 3.63) is 53.2 Å². The highest BCUT2D eigenvalue weighted by Crippen LogP contribution is 2.35. The summed E-state index contributed by atoms with van der Waals surface area (Å²) >= 11 is 6.40. The Balaban J connectivity index is 1.53. The number of rotatable bonds is 11. The Kier molecular flexibility index (Phi) is 8.68. The number of fused-ring (bicyclic) bond motifs is 1. The molecule has 0 bridgehead atoms. The molecule has 1 saturated carbocycles. The second kappa shape index (κ2) is 12.1. The number of amides is 3. The number of benzene rings is 2. The number of carbonyl (C=O) groups is 2. The molecule has 10 heteroatoms. The first kappa shape index (κ1) is 26.5. The standard InChI is InChI=1S/C27H32ClN5O4/c1-4-33(5-2)13-12-30-26(34)20-15-19-23(16-25(20)36-3)29-11-10-24(19)37-18-8-9-22(21(28)14-18)32-27(35)31-17-6-7-17/h8-11,14-17H,4-7,12-13H2,1-3H3,(H,30,34)(H2,31,32,35). The second-order valence-electron chi connectivity index (χ2n) is 8.78. The topological polar surface area (TPSA) is 105 Å². The number of urea groups is 1. The van der Waals surface area contributed by atoms with Gasteiger partial charge in [0.25, 0.3) is 5.91 Å². The van der Waals surface area contributed by atoms with Gasteiger partial charge in [0.05, 0.1) is 28.9 Å². The normalized spacial score (nSPS) is 12.9. The highest BCUT2D eigenvalue weighted by Gasteiger charge is 2.23. The van der Waals surface area contributed by atoms with Gasteiger partial charge in [0.2, 0.25) is 0 Å². The third-order valence-electron chi connectivity index (χ3n) is 6.20. The number of ether oxygens (including phenoxy) is 2. The van der Waals surface area contributed by atoms with Gasteiger partial charge in [0, 0.05) is 42.8 Å². The number of methoxy groups -OCH3 is 1. The molecule has 1 aliphatic rings. The molecule has 37 heavy (non-hydrogen) atoms. The maximum atomic E-state index is 13.0. The molecule has 3 amide bonds. The largest absolute Gasteiger partial charge is 0.496 e. The Bertz CT molecular complexity index is 1280. The van der Waals surface area contributed by atoms with E-state index in [-0.39, 0.29) is 18.0 Å². The molecule has 196 valence electrons. The molecule has 1 aromatic heterocycles. The van der Waals surface area contributed by atoms with E-state index in [0.717, 1.165) is 32.5 Å². The fourth-order valence-electron chi connectivity index (χ4n) is 3.91. The molecule has 4 rings (SSSR count).